The van der Waals surface area contributed by atoms with Gasteiger partial charge in [-0.05, 0) is 27.7 Å². The first-order chi connectivity index (χ1) is 8.43. The fourth-order valence-electron chi connectivity index (χ4n) is 1.48. The minimum atomic E-state index is -0.0806. The maximum Gasteiger partial charge on any atom is 0.239 e. The van der Waals surface area contributed by atoms with Crippen LogP contribution in [0, 0.1) is 13.8 Å². The summed E-state index contributed by atoms with van der Waals surface area (Å²) in [4.78, 5) is 19.9. The third kappa shape index (κ3) is 3.85. The highest BCUT2D eigenvalue weighted by Gasteiger charge is 2.09. The van der Waals surface area contributed by atoms with Gasteiger partial charge in [-0.1, -0.05) is 0 Å². The molecular formula is C11H20N6O. The molecule has 1 heterocycles. The van der Waals surface area contributed by atoms with Gasteiger partial charge >= 0.3 is 0 Å². The molecule has 1 aromatic heterocycles. The molecule has 0 spiro atoms. The number of nitrogens with zero attached hydrogens (tertiary/aromatic N) is 2. The molecule has 7 heteroatoms. The number of carbonyl (C=O) groups is 1. The van der Waals surface area contributed by atoms with Crippen molar-refractivity contribution >= 4 is 17.5 Å². The number of hydrogen-bond donors (Lipinski definition) is 4. The molecule has 0 bridgehead atoms. The molecule has 1 amide bonds. The highest BCUT2D eigenvalue weighted by Crippen LogP contribution is 2.18. The number of hydrazine groups is 1. The van der Waals surface area contributed by atoms with E-state index in [4.69, 9.17) is 5.84 Å². The summed E-state index contributed by atoms with van der Waals surface area (Å²) in [6, 6.07) is 0.119. The molecule has 0 unspecified atom stereocenters. The molecule has 0 saturated heterocycles. The SMILES string of the molecule is Cc1nc(NN)c(C)c(NCC(=O)NC(C)C)n1. The lowest BCUT2D eigenvalue weighted by Crippen LogP contribution is -2.35. The number of hydrogen-bond acceptors (Lipinski definition) is 6. The first kappa shape index (κ1) is 14.2. The number of nitrogens with two attached hydrogens (primary N) is 1. The van der Waals surface area contributed by atoms with E-state index in [9.17, 15) is 4.79 Å². The second-order valence-corrected chi connectivity index (χ2v) is 4.31. The molecule has 0 aromatic carbocycles. The molecule has 100 valence electrons. The Morgan fingerprint density at radius 1 is 1.28 bits per heavy atom. The number of aromatic nitrogens is 2. The van der Waals surface area contributed by atoms with E-state index in [1.165, 1.54) is 0 Å². The highest BCUT2D eigenvalue weighted by molar-refractivity contribution is 5.81. The van der Waals surface area contributed by atoms with Gasteiger partial charge < -0.3 is 16.1 Å². The number of anilines is 2. The lowest BCUT2D eigenvalue weighted by Gasteiger charge is -2.13. The lowest BCUT2D eigenvalue weighted by molar-refractivity contribution is -0.119. The van der Waals surface area contributed by atoms with Crippen molar-refractivity contribution in [3.8, 4) is 0 Å². The van der Waals surface area contributed by atoms with E-state index in [2.05, 4.69) is 26.0 Å². The molecule has 0 saturated carbocycles. The molecule has 1 rings (SSSR count). The van der Waals surface area contributed by atoms with Crippen LogP contribution in [0.4, 0.5) is 11.6 Å². The van der Waals surface area contributed by atoms with Gasteiger partial charge in [-0.3, -0.25) is 4.79 Å². The third-order valence-corrected chi connectivity index (χ3v) is 2.26. The average Bonchev–Trinajstić information content (AvgIpc) is 2.28. The van der Waals surface area contributed by atoms with Gasteiger partial charge in [0, 0.05) is 11.6 Å². The van der Waals surface area contributed by atoms with Crippen molar-refractivity contribution in [2.75, 3.05) is 17.3 Å². The van der Waals surface area contributed by atoms with Gasteiger partial charge in [0.05, 0.1) is 6.54 Å². The summed E-state index contributed by atoms with van der Waals surface area (Å²) >= 11 is 0. The predicted octanol–water partition coefficient (Wildman–Crippen LogP) is 0.316. The van der Waals surface area contributed by atoms with Crippen LogP contribution in [-0.4, -0.2) is 28.5 Å². The zero-order valence-corrected chi connectivity index (χ0v) is 11.2. The van der Waals surface area contributed by atoms with Gasteiger partial charge in [0.2, 0.25) is 5.91 Å². The van der Waals surface area contributed by atoms with Crippen LogP contribution in [0.2, 0.25) is 0 Å². The van der Waals surface area contributed by atoms with Crippen LogP contribution in [0.3, 0.4) is 0 Å². The maximum absolute atomic E-state index is 11.5. The number of aryl methyl sites for hydroxylation is 1. The average molecular weight is 252 g/mol. The number of carbonyl (C=O) groups excluding carboxylic acids is 1. The summed E-state index contributed by atoms with van der Waals surface area (Å²) in [5, 5.41) is 5.77. The van der Waals surface area contributed by atoms with Gasteiger partial charge in [0.1, 0.15) is 17.5 Å². The Kier molecular flexibility index (Phi) is 4.85. The number of rotatable bonds is 5. The van der Waals surface area contributed by atoms with Crippen molar-refractivity contribution in [1.82, 2.24) is 15.3 Å². The molecule has 0 radical (unpaired) electrons. The van der Waals surface area contributed by atoms with Crippen molar-refractivity contribution in [2.45, 2.75) is 33.7 Å². The van der Waals surface area contributed by atoms with Gasteiger partial charge in [-0.15, -0.1) is 0 Å². The van der Waals surface area contributed by atoms with E-state index in [0.717, 1.165) is 5.56 Å². The van der Waals surface area contributed by atoms with Crippen molar-refractivity contribution in [2.24, 2.45) is 5.84 Å². The Labute approximate surface area is 107 Å². The molecule has 0 fully saturated rings. The lowest BCUT2D eigenvalue weighted by atomic mass is 10.3. The second kappa shape index (κ2) is 6.15. The minimum absolute atomic E-state index is 0.0806. The summed E-state index contributed by atoms with van der Waals surface area (Å²) in [5.41, 5.74) is 3.28. The molecule has 5 N–H and O–H groups in total. The van der Waals surface area contributed by atoms with Crippen LogP contribution in [0.5, 0.6) is 0 Å². The van der Waals surface area contributed by atoms with Gasteiger partial charge in [0.15, 0.2) is 0 Å². The van der Waals surface area contributed by atoms with Crippen LogP contribution in [0.15, 0.2) is 0 Å². The number of amides is 1. The maximum atomic E-state index is 11.5. The predicted molar refractivity (Wildman–Crippen MR) is 71.1 cm³/mol. The van der Waals surface area contributed by atoms with Crippen LogP contribution >= 0.6 is 0 Å². The molecule has 1 aromatic rings. The number of nitrogen functional groups attached to an aromatic ring is 1. The van der Waals surface area contributed by atoms with E-state index >= 15 is 0 Å². The molecular weight excluding hydrogens is 232 g/mol. The zero-order valence-electron chi connectivity index (χ0n) is 11.2. The summed E-state index contributed by atoms with van der Waals surface area (Å²) in [5.74, 6) is 7.02. The summed E-state index contributed by atoms with van der Waals surface area (Å²) in [6.45, 7) is 7.58. The Bertz CT molecular complexity index is 432. The summed E-state index contributed by atoms with van der Waals surface area (Å²) in [6.07, 6.45) is 0. The van der Waals surface area contributed by atoms with Crippen molar-refractivity contribution < 1.29 is 4.79 Å². The fraction of sp³-hybridized carbons (Fsp3) is 0.545. The first-order valence-corrected chi connectivity index (χ1v) is 5.79. The molecule has 0 aliphatic carbocycles. The Morgan fingerprint density at radius 3 is 2.44 bits per heavy atom. The Morgan fingerprint density at radius 2 is 1.89 bits per heavy atom. The number of nitrogens with one attached hydrogen (secondary N) is 3. The molecule has 0 aliphatic heterocycles. The minimum Gasteiger partial charge on any atom is -0.361 e. The highest BCUT2D eigenvalue weighted by atomic mass is 16.1. The van der Waals surface area contributed by atoms with Gasteiger partial charge in [-0.25, -0.2) is 15.8 Å². The van der Waals surface area contributed by atoms with Gasteiger partial charge in [0.25, 0.3) is 0 Å². The molecule has 0 aliphatic rings. The first-order valence-electron chi connectivity index (χ1n) is 5.79. The van der Waals surface area contributed by atoms with E-state index in [0.29, 0.717) is 17.5 Å². The molecule has 7 nitrogen and oxygen atoms in total. The quantitative estimate of drug-likeness (QED) is 0.444. The van der Waals surface area contributed by atoms with Crippen molar-refractivity contribution in [1.29, 1.82) is 0 Å². The normalized spacial score (nSPS) is 10.3. The molecule has 18 heavy (non-hydrogen) atoms. The van der Waals surface area contributed by atoms with Crippen molar-refractivity contribution in [3.63, 3.8) is 0 Å². The van der Waals surface area contributed by atoms with E-state index in [1.54, 1.807) is 6.92 Å². The summed E-state index contributed by atoms with van der Waals surface area (Å²) in [7, 11) is 0. The van der Waals surface area contributed by atoms with Crippen LogP contribution in [-0.2, 0) is 4.79 Å². The van der Waals surface area contributed by atoms with Crippen LogP contribution < -0.4 is 21.9 Å². The Hall–Kier alpha value is -1.89. The molecule has 0 atom stereocenters. The Balaban J connectivity index is 2.73. The summed E-state index contributed by atoms with van der Waals surface area (Å²) < 4.78 is 0. The van der Waals surface area contributed by atoms with Gasteiger partial charge in [-0.2, -0.15) is 0 Å². The monoisotopic (exact) mass is 252 g/mol. The smallest absolute Gasteiger partial charge is 0.239 e. The van der Waals surface area contributed by atoms with Crippen LogP contribution in [0.1, 0.15) is 25.2 Å². The van der Waals surface area contributed by atoms with E-state index in [-0.39, 0.29) is 18.5 Å². The largest absolute Gasteiger partial charge is 0.361 e. The van der Waals surface area contributed by atoms with Crippen LogP contribution in [0.25, 0.3) is 0 Å². The standard InChI is InChI=1S/C11H20N6O/c1-6(2)14-9(18)5-13-10-7(3)11(17-12)16-8(4)15-10/h6H,5,12H2,1-4H3,(H,14,18)(H2,13,15,16,17). The van der Waals surface area contributed by atoms with E-state index in [1.807, 2.05) is 20.8 Å². The zero-order chi connectivity index (χ0) is 13.7. The van der Waals surface area contributed by atoms with Crippen molar-refractivity contribution in [3.05, 3.63) is 11.4 Å². The topological polar surface area (TPSA) is 105 Å². The van der Waals surface area contributed by atoms with E-state index < -0.39 is 0 Å². The third-order valence-electron chi connectivity index (χ3n) is 2.26. The fourth-order valence-corrected chi connectivity index (χ4v) is 1.48. The second-order valence-electron chi connectivity index (χ2n) is 4.31.